The van der Waals surface area contributed by atoms with E-state index in [4.69, 9.17) is 11.6 Å². The van der Waals surface area contributed by atoms with Crippen LogP contribution in [0.5, 0.6) is 0 Å². The van der Waals surface area contributed by atoms with Gasteiger partial charge in [0.05, 0.1) is 11.3 Å². The summed E-state index contributed by atoms with van der Waals surface area (Å²) in [7, 11) is 0. The lowest BCUT2D eigenvalue weighted by Crippen LogP contribution is -2.11. The average Bonchev–Trinajstić information content (AvgIpc) is 2.61. The average molecular weight is 335 g/mol. The highest BCUT2D eigenvalue weighted by atomic mass is 35.5. The Morgan fingerprint density at radius 2 is 1.67 bits per heavy atom. The third kappa shape index (κ3) is 4.09. The highest BCUT2D eigenvalue weighted by Crippen LogP contribution is 2.20. The summed E-state index contributed by atoms with van der Waals surface area (Å²) in [6.07, 6.45) is 1.69. The van der Waals surface area contributed by atoms with E-state index in [2.05, 4.69) is 10.3 Å². The number of carbonyl (C=O) groups is 1. The monoisotopic (exact) mass is 334 g/mol. The van der Waals surface area contributed by atoms with Crippen LogP contribution in [-0.2, 0) is 0 Å². The molecule has 0 unspecified atom stereocenters. The first-order chi connectivity index (χ1) is 11.7. The van der Waals surface area contributed by atoms with Gasteiger partial charge in [0.2, 0.25) is 0 Å². The Hall–Kier alpha value is -2.91. The highest BCUT2D eigenvalue weighted by molar-refractivity contribution is 6.30. The molecule has 1 amide bonds. The van der Waals surface area contributed by atoms with Crippen molar-refractivity contribution in [2.24, 2.45) is 4.99 Å². The maximum atomic E-state index is 12.5. The second-order valence-electron chi connectivity index (χ2n) is 5.15. The molecule has 118 valence electrons. The van der Waals surface area contributed by atoms with Gasteiger partial charge in [-0.15, -0.1) is 0 Å². The Labute approximate surface area is 145 Å². The maximum absolute atomic E-state index is 12.5. The van der Waals surface area contributed by atoms with Gasteiger partial charge in [0.1, 0.15) is 0 Å². The van der Waals surface area contributed by atoms with Crippen LogP contribution in [0, 0.1) is 0 Å². The fourth-order valence-electron chi connectivity index (χ4n) is 2.23. The van der Waals surface area contributed by atoms with Gasteiger partial charge in [0, 0.05) is 16.9 Å². The summed E-state index contributed by atoms with van der Waals surface area (Å²) in [6.45, 7) is 0. The molecule has 0 aromatic heterocycles. The third-order valence-electron chi connectivity index (χ3n) is 3.38. The topological polar surface area (TPSA) is 41.5 Å². The summed E-state index contributed by atoms with van der Waals surface area (Å²) in [6, 6.07) is 24.0. The number of amides is 1. The van der Waals surface area contributed by atoms with E-state index >= 15 is 0 Å². The number of rotatable bonds is 4. The molecule has 0 heterocycles. The molecule has 3 nitrogen and oxygen atoms in total. The van der Waals surface area contributed by atoms with E-state index in [1.807, 2.05) is 60.7 Å². The van der Waals surface area contributed by atoms with E-state index in [1.165, 1.54) is 0 Å². The first kappa shape index (κ1) is 16.0. The summed E-state index contributed by atoms with van der Waals surface area (Å²) >= 11 is 5.97. The lowest BCUT2D eigenvalue weighted by Gasteiger charge is -2.07. The van der Waals surface area contributed by atoms with Gasteiger partial charge in [-0.25, -0.2) is 0 Å². The predicted octanol–water partition coefficient (Wildman–Crippen LogP) is 5.34. The second-order valence-corrected chi connectivity index (χ2v) is 5.59. The summed E-state index contributed by atoms with van der Waals surface area (Å²) < 4.78 is 0. The van der Waals surface area contributed by atoms with Crippen LogP contribution in [0.25, 0.3) is 0 Å². The molecule has 3 aromatic rings. The van der Waals surface area contributed by atoms with Crippen LogP contribution in [0.3, 0.4) is 0 Å². The van der Waals surface area contributed by atoms with Crippen molar-refractivity contribution in [1.82, 2.24) is 0 Å². The van der Waals surface area contributed by atoms with E-state index in [0.717, 1.165) is 11.3 Å². The Morgan fingerprint density at radius 3 is 2.46 bits per heavy atom. The molecular formula is C20H15ClN2O. The number of nitrogens with one attached hydrogen (secondary N) is 1. The minimum absolute atomic E-state index is 0.194. The smallest absolute Gasteiger partial charge is 0.257 e. The van der Waals surface area contributed by atoms with Crippen molar-refractivity contribution < 1.29 is 4.79 Å². The molecule has 0 spiro atoms. The van der Waals surface area contributed by atoms with Crippen molar-refractivity contribution in [3.63, 3.8) is 0 Å². The Kier molecular flexibility index (Phi) is 5.04. The third-order valence-corrected chi connectivity index (χ3v) is 3.62. The van der Waals surface area contributed by atoms with E-state index in [1.54, 1.807) is 24.4 Å². The molecule has 0 aliphatic carbocycles. The molecule has 3 rings (SSSR count). The SMILES string of the molecule is O=C(Nc1ccccc1)c1ccccc1N=Cc1cccc(Cl)c1. The molecule has 1 N–H and O–H groups in total. The van der Waals surface area contributed by atoms with Crippen molar-refractivity contribution in [1.29, 1.82) is 0 Å². The molecule has 4 heteroatoms. The van der Waals surface area contributed by atoms with Crippen molar-refractivity contribution in [2.45, 2.75) is 0 Å². The Morgan fingerprint density at radius 1 is 0.917 bits per heavy atom. The van der Waals surface area contributed by atoms with Gasteiger partial charge in [-0.3, -0.25) is 9.79 Å². The molecule has 0 saturated heterocycles. The van der Waals surface area contributed by atoms with Crippen molar-refractivity contribution in [3.05, 3.63) is 95.0 Å². The second kappa shape index (κ2) is 7.57. The van der Waals surface area contributed by atoms with Crippen molar-refractivity contribution >= 4 is 35.1 Å². The summed E-state index contributed by atoms with van der Waals surface area (Å²) in [5, 5.41) is 3.52. The molecule has 0 fully saturated rings. The van der Waals surface area contributed by atoms with E-state index in [-0.39, 0.29) is 5.91 Å². The van der Waals surface area contributed by atoms with Crippen LogP contribution in [-0.4, -0.2) is 12.1 Å². The minimum Gasteiger partial charge on any atom is -0.322 e. The number of carbonyl (C=O) groups excluding carboxylic acids is 1. The number of hydrogen-bond donors (Lipinski definition) is 1. The quantitative estimate of drug-likeness (QED) is 0.642. The van der Waals surface area contributed by atoms with Gasteiger partial charge in [-0.05, 0) is 42.0 Å². The van der Waals surface area contributed by atoms with Gasteiger partial charge in [0.15, 0.2) is 0 Å². The summed E-state index contributed by atoms with van der Waals surface area (Å²) in [5.74, 6) is -0.194. The molecule has 0 aliphatic heterocycles. The molecule has 3 aromatic carbocycles. The van der Waals surface area contributed by atoms with Crippen LogP contribution < -0.4 is 5.32 Å². The van der Waals surface area contributed by atoms with Crippen molar-refractivity contribution in [3.8, 4) is 0 Å². The van der Waals surface area contributed by atoms with Crippen LogP contribution in [0.15, 0.2) is 83.9 Å². The molecule has 24 heavy (non-hydrogen) atoms. The zero-order valence-corrected chi connectivity index (χ0v) is 13.6. The van der Waals surface area contributed by atoms with Gasteiger partial charge >= 0.3 is 0 Å². The largest absolute Gasteiger partial charge is 0.322 e. The number of halogens is 1. The Balaban J connectivity index is 1.84. The molecule has 0 atom stereocenters. The zero-order chi connectivity index (χ0) is 16.8. The molecular weight excluding hydrogens is 320 g/mol. The van der Waals surface area contributed by atoms with Crippen LogP contribution in [0.2, 0.25) is 5.02 Å². The molecule has 0 aliphatic rings. The highest BCUT2D eigenvalue weighted by Gasteiger charge is 2.10. The van der Waals surface area contributed by atoms with Crippen LogP contribution in [0.1, 0.15) is 15.9 Å². The van der Waals surface area contributed by atoms with Gasteiger partial charge < -0.3 is 5.32 Å². The van der Waals surface area contributed by atoms with Crippen LogP contribution >= 0.6 is 11.6 Å². The van der Waals surface area contributed by atoms with Gasteiger partial charge in [-0.2, -0.15) is 0 Å². The van der Waals surface area contributed by atoms with E-state index < -0.39 is 0 Å². The molecule has 0 bridgehead atoms. The minimum atomic E-state index is -0.194. The summed E-state index contributed by atoms with van der Waals surface area (Å²) in [5.41, 5.74) is 2.74. The van der Waals surface area contributed by atoms with Crippen molar-refractivity contribution in [2.75, 3.05) is 5.32 Å². The Bertz CT molecular complexity index is 876. The van der Waals surface area contributed by atoms with E-state index in [9.17, 15) is 4.79 Å². The first-order valence-corrected chi connectivity index (χ1v) is 7.85. The van der Waals surface area contributed by atoms with Crippen LogP contribution in [0.4, 0.5) is 11.4 Å². The number of para-hydroxylation sites is 2. The lowest BCUT2D eigenvalue weighted by atomic mass is 10.1. The number of aliphatic imine (C=N–C) groups is 1. The number of anilines is 1. The van der Waals surface area contributed by atoms with E-state index in [0.29, 0.717) is 16.3 Å². The number of benzene rings is 3. The number of hydrogen-bond acceptors (Lipinski definition) is 2. The standard InChI is InChI=1S/C20H15ClN2O/c21-16-8-6-7-15(13-16)14-22-19-12-5-4-11-18(19)20(24)23-17-9-2-1-3-10-17/h1-14H,(H,23,24). The first-order valence-electron chi connectivity index (χ1n) is 7.47. The molecule has 0 saturated carbocycles. The normalized spacial score (nSPS) is 10.7. The number of nitrogens with zero attached hydrogens (tertiary/aromatic N) is 1. The lowest BCUT2D eigenvalue weighted by molar-refractivity contribution is 0.102. The maximum Gasteiger partial charge on any atom is 0.257 e. The zero-order valence-electron chi connectivity index (χ0n) is 12.8. The fraction of sp³-hybridized carbons (Fsp3) is 0. The summed E-state index contributed by atoms with van der Waals surface area (Å²) in [4.78, 5) is 16.9. The van der Waals surface area contributed by atoms with Gasteiger partial charge in [-0.1, -0.05) is 54.1 Å². The predicted molar refractivity (Wildman–Crippen MR) is 99.5 cm³/mol. The molecule has 0 radical (unpaired) electrons. The fourth-order valence-corrected chi connectivity index (χ4v) is 2.43. The van der Waals surface area contributed by atoms with Gasteiger partial charge in [0.25, 0.3) is 5.91 Å².